The molecule has 0 saturated carbocycles. The van der Waals surface area contributed by atoms with Gasteiger partial charge in [-0.1, -0.05) is 30.3 Å². The molecule has 0 spiro atoms. The summed E-state index contributed by atoms with van der Waals surface area (Å²) < 4.78 is 0. The molecule has 0 aliphatic heterocycles. The second kappa shape index (κ2) is 9.18. The molecule has 0 fully saturated rings. The zero-order valence-electron chi connectivity index (χ0n) is 15.5. The maximum atomic E-state index is 12.4. The molecular weight excluding hydrogens is 368 g/mol. The molecule has 0 aliphatic carbocycles. The van der Waals surface area contributed by atoms with Crippen molar-refractivity contribution in [2.45, 2.75) is 6.42 Å². The molecule has 4 amide bonds. The highest BCUT2D eigenvalue weighted by atomic mass is 16.2. The van der Waals surface area contributed by atoms with Crippen molar-refractivity contribution in [3.8, 4) is 0 Å². The van der Waals surface area contributed by atoms with Crippen LogP contribution in [-0.2, 0) is 11.2 Å². The minimum Gasteiger partial charge on any atom is -0.369 e. The molecule has 3 aromatic rings. The summed E-state index contributed by atoms with van der Waals surface area (Å²) in [6.45, 7) is 0. The number of hydrogen-bond donors (Lipinski definition) is 4. The van der Waals surface area contributed by atoms with Crippen molar-refractivity contribution in [3.05, 3.63) is 90.0 Å². The molecule has 29 heavy (non-hydrogen) atoms. The van der Waals surface area contributed by atoms with Gasteiger partial charge in [-0.3, -0.25) is 9.59 Å². The van der Waals surface area contributed by atoms with Crippen molar-refractivity contribution in [2.75, 3.05) is 16.0 Å². The van der Waals surface area contributed by atoms with E-state index >= 15 is 0 Å². The summed E-state index contributed by atoms with van der Waals surface area (Å²) in [6, 6.07) is 22.1. The minimum absolute atomic E-state index is 0.153. The lowest BCUT2D eigenvalue weighted by atomic mass is 10.1. The van der Waals surface area contributed by atoms with Crippen LogP contribution >= 0.6 is 0 Å². The second-order valence-corrected chi connectivity index (χ2v) is 6.32. The molecule has 7 heteroatoms. The Kier molecular flexibility index (Phi) is 6.22. The highest BCUT2D eigenvalue weighted by Crippen LogP contribution is 2.15. The van der Waals surface area contributed by atoms with E-state index in [1.807, 2.05) is 18.2 Å². The number of benzene rings is 3. The van der Waals surface area contributed by atoms with E-state index in [9.17, 15) is 14.4 Å². The minimum atomic E-state index is -0.409. The number of para-hydroxylation sites is 1. The van der Waals surface area contributed by atoms with Crippen LogP contribution < -0.4 is 21.7 Å². The first-order valence-corrected chi connectivity index (χ1v) is 8.91. The predicted molar refractivity (Wildman–Crippen MR) is 113 cm³/mol. The van der Waals surface area contributed by atoms with Gasteiger partial charge in [0.15, 0.2) is 0 Å². The number of urea groups is 1. The van der Waals surface area contributed by atoms with E-state index in [1.54, 1.807) is 60.7 Å². The predicted octanol–water partition coefficient (Wildman–Crippen LogP) is 3.61. The first-order chi connectivity index (χ1) is 14.0. The Bertz CT molecular complexity index is 1000. The fraction of sp³-hybridized carbons (Fsp3) is 0.0455. The summed E-state index contributed by atoms with van der Waals surface area (Å²) in [5.41, 5.74) is 8.23. The fourth-order valence-electron chi connectivity index (χ4n) is 2.63. The number of carbonyl (C=O) groups is 3. The van der Waals surface area contributed by atoms with E-state index in [0.29, 0.717) is 22.6 Å². The van der Waals surface area contributed by atoms with Gasteiger partial charge < -0.3 is 21.7 Å². The van der Waals surface area contributed by atoms with Crippen LogP contribution in [-0.4, -0.2) is 17.8 Å². The van der Waals surface area contributed by atoms with E-state index in [0.717, 1.165) is 5.56 Å². The number of amides is 4. The van der Waals surface area contributed by atoms with Gasteiger partial charge in [-0.2, -0.15) is 0 Å². The Balaban J connectivity index is 1.55. The average Bonchev–Trinajstić information content (AvgIpc) is 2.70. The van der Waals surface area contributed by atoms with Crippen molar-refractivity contribution in [2.24, 2.45) is 5.73 Å². The van der Waals surface area contributed by atoms with Crippen molar-refractivity contribution < 1.29 is 14.4 Å². The summed E-state index contributed by atoms with van der Waals surface area (Å²) in [5, 5.41) is 8.20. The van der Waals surface area contributed by atoms with Gasteiger partial charge in [0.2, 0.25) is 5.91 Å². The van der Waals surface area contributed by atoms with Crippen LogP contribution in [0.2, 0.25) is 0 Å². The van der Waals surface area contributed by atoms with E-state index in [2.05, 4.69) is 16.0 Å². The van der Waals surface area contributed by atoms with E-state index in [1.165, 1.54) is 0 Å². The molecule has 0 saturated heterocycles. The molecule has 0 atom stereocenters. The van der Waals surface area contributed by atoms with E-state index in [-0.39, 0.29) is 18.4 Å². The molecule has 7 nitrogen and oxygen atoms in total. The molecule has 3 aromatic carbocycles. The van der Waals surface area contributed by atoms with Gasteiger partial charge in [0.25, 0.3) is 5.91 Å². The molecule has 0 aromatic heterocycles. The quantitative estimate of drug-likeness (QED) is 0.517. The van der Waals surface area contributed by atoms with Crippen molar-refractivity contribution in [1.82, 2.24) is 0 Å². The Morgan fingerprint density at radius 1 is 0.655 bits per heavy atom. The molecule has 0 heterocycles. The Morgan fingerprint density at radius 2 is 1.17 bits per heavy atom. The maximum absolute atomic E-state index is 12.4. The maximum Gasteiger partial charge on any atom is 0.323 e. The third-order valence-electron chi connectivity index (χ3n) is 4.03. The first-order valence-electron chi connectivity index (χ1n) is 8.91. The number of nitrogens with two attached hydrogens (primary N) is 1. The molecule has 0 radical (unpaired) electrons. The number of rotatable bonds is 6. The van der Waals surface area contributed by atoms with E-state index < -0.39 is 5.91 Å². The van der Waals surface area contributed by atoms with Gasteiger partial charge in [-0.05, 0) is 54.1 Å². The number of hydrogen-bond acceptors (Lipinski definition) is 3. The van der Waals surface area contributed by atoms with Crippen molar-refractivity contribution in [1.29, 1.82) is 0 Å². The number of nitrogens with one attached hydrogen (secondary N) is 3. The zero-order chi connectivity index (χ0) is 20.6. The molecular formula is C22H20N4O3. The van der Waals surface area contributed by atoms with Gasteiger partial charge in [0.05, 0.1) is 6.42 Å². The van der Waals surface area contributed by atoms with Crippen LogP contribution in [0.25, 0.3) is 0 Å². The third kappa shape index (κ3) is 5.93. The topological polar surface area (TPSA) is 113 Å². The van der Waals surface area contributed by atoms with Crippen LogP contribution in [0, 0.1) is 0 Å². The van der Waals surface area contributed by atoms with Crippen LogP contribution in [0.1, 0.15) is 15.9 Å². The lowest BCUT2D eigenvalue weighted by Crippen LogP contribution is -2.19. The highest BCUT2D eigenvalue weighted by Gasteiger charge is 2.08. The standard InChI is InChI=1S/C22H20N4O3/c23-20(27)14-15-6-10-18(11-7-15)24-21(28)16-8-12-19(13-9-16)26-22(29)25-17-4-2-1-3-5-17/h1-13H,14H2,(H2,23,27)(H,24,28)(H2,25,26,29). The second-order valence-electron chi connectivity index (χ2n) is 6.32. The normalized spacial score (nSPS) is 10.1. The lowest BCUT2D eigenvalue weighted by molar-refractivity contribution is -0.117. The van der Waals surface area contributed by atoms with Crippen LogP contribution in [0.3, 0.4) is 0 Å². The van der Waals surface area contributed by atoms with Gasteiger partial charge in [0, 0.05) is 22.6 Å². The number of primary amides is 1. The fourth-order valence-corrected chi connectivity index (χ4v) is 2.63. The third-order valence-corrected chi connectivity index (χ3v) is 4.03. The molecule has 0 bridgehead atoms. The zero-order valence-corrected chi connectivity index (χ0v) is 15.5. The molecule has 3 rings (SSSR count). The molecule has 0 aliphatic rings. The Labute approximate surface area is 167 Å². The molecule has 5 N–H and O–H groups in total. The van der Waals surface area contributed by atoms with Crippen LogP contribution in [0.5, 0.6) is 0 Å². The van der Waals surface area contributed by atoms with E-state index in [4.69, 9.17) is 5.73 Å². The van der Waals surface area contributed by atoms with Gasteiger partial charge in [0.1, 0.15) is 0 Å². The van der Waals surface area contributed by atoms with Crippen molar-refractivity contribution >= 4 is 34.9 Å². The van der Waals surface area contributed by atoms with Gasteiger partial charge in [-0.25, -0.2) is 4.79 Å². The Hall–Kier alpha value is -4.13. The summed E-state index contributed by atoms with van der Waals surface area (Å²) in [4.78, 5) is 35.3. The van der Waals surface area contributed by atoms with Gasteiger partial charge in [-0.15, -0.1) is 0 Å². The van der Waals surface area contributed by atoms with Crippen molar-refractivity contribution in [3.63, 3.8) is 0 Å². The first kappa shape index (κ1) is 19.6. The summed E-state index contributed by atoms with van der Waals surface area (Å²) in [6.07, 6.45) is 0.153. The Morgan fingerprint density at radius 3 is 1.76 bits per heavy atom. The average molecular weight is 388 g/mol. The van der Waals surface area contributed by atoms with Gasteiger partial charge >= 0.3 is 6.03 Å². The van der Waals surface area contributed by atoms with Crippen LogP contribution in [0.15, 0.2) is 78.9 Å². The molecule has 146 valence electrons. The highest BCUT2D eigenvalue weighted by molar-refractivity contribution is 6.05. The largest absolute Gasteiger partial charge is 0.369 e. The smallest absolute Gasteiger partial charge is 0.323 e. The number of carbonyl (C=O) groups excluding carboxylic acids is 3. The summed E-state index contributed by atoms with van der Waals surface area (Å²) >= 11 is 0. The number of anilines is 3. The van der Waals surface area contributed by atoms with Crippen LogP contribution in [0.4, 0.5) is 21.9 Å². The summed E-state index contributed by atoms with van der Waals surface area (Å²) in [5.74, 6) is -0.694. The molecule has 0 unspecified atom stereocenters. The monoisotopic (exact) mass is 388 g/mol. The summed E-state index contributed by atoms with van der Waals surface area (Å²) in [7, 11) is 0. The SMILES string of the molecule is NC(=O)Cc1ccc(NC(=O)c2ccc(NC(=O)Nc3ccccc3)cc2)cc1. The lowest BCUT2D eigenvalue weighted by Gasteiger charge is -2.09.